The first-order valence-electron chi connectivity index (χ1n) is 7.09. The van der Waals surface area contributed by atoms with E-state index >= 15 is 0 Å². The Morgan fingerprint density at radius 3 is 2.59 bits per heavy atom. The molecular formula is C15H18N4O3. The Hall–Kier alpha value is -2.44. The number of aryl methyl sites for hydroxylation is 2. The van der Waals surface area contributed by atoms with Crippen LogP contribution >= 0.6 is 0 Å². The van der Waals surface area contributed by atoms with E-state index in [-0.39, 0.29) is 5.91 Å². The molecule has 3 rings (SSSR count). The molecule has 0 aliphatic heterocycles. The van der Waals surface area contributed by atoms with Gasteiger partial charge in [0.25, 0.3) is 0 Å². The van der Waals surface area contributed by atoms with Crippen molar-refractivity contribution in [3.8, 4) is 0 Å². The van der Waals surface area contributed by atoms with Crippen molar-refractivity contribution in [2.45, 2.75) is 27.7 Å². The fourth-order valence-electron chi connectivity index (χ4n) is 3.25. The zero-order valence-electron chi connectivity index (χ0n) is 12.9. The summed E-state index contributed by atoms with van der Waals surface area (Å²) < 4.78 is 0. The predicted molar refractivity (Wildman–Crippen MR) is 80.4 cm³/mol. The van der Waals surface area contributed by atoms with E-state index in [1.807, 2.05) is 19.9 Å². The molecule has 1 fully saturated rings. The molecule has 3 N–H and O–H groups in total. The quantitative estimate of drug-likeness (QED) is 0.802. The van der Waals surface area contributed by atoms with Gasteiger partial charge in [0.05, 0.1) is 17.2 Å². The number of amides is 1. The van der Waals surface area contributed by atoms with E-state index < -0.39 is 23.2 Å². The van der Waals surface area contributed by atoms with Crippen LogP contribution in [0.15, 0.2) is 6.07 Å². The van der Waals surface area contributed by atoms with Crippen molar-refractivity contribution in [1.29, 1.82) is 0 Å². The highest BCUT2D eigenvalue weighted by Gasteiger charge is 2.66. The molecule has 116 valence electrons. The second-order valence-corrected chi connectivity index (χ2v) is 6.48. The molecule has 1 aliphatic rings. The second kappa shape index (κ2) is 4.53. The van der Waals surface area contributed by atoms with Crippen LogP contribution < -0.4 is 5.32 Å². The van der Waals surface area contributed by atoms with Crippen molar-refractivity contribution >= 4 is 28.7 Å². The van der Waals surface area contributed by atoms with E-state index in [2.05, 4.69) is 20.5 Å². The molecule has 1 saturated carbocycles. The summed E-state index contributed by atoms with van der Waals surface area (Å²) in [6.07, 6.45) is 0. The number of fused-ring (bicyclic) bond motifs is 1. The minimum absolute atomic E-state index is 0.314. The summed E-state index contributed by atoms with van der Waals surface area (Å²) in [4.78, 5) is 27.9. The van der Waals surface area contributed by atoms with Crippen molar-refractivity contribution in [3.63, 3.8) is 0 Å². The summed E-state index contributed by atoms with van der Waals surface area (Å²) in [6.45, 7) is 7.38. The fraction of sp³-hybridized carbons (Fsp3) is 0.467. The van der Waals surface area contributed by atoms with Crippen molar-refractivity contribution in [3.05, 3.63) is 17.3 Å². The number of carbonyl (C=O) groups excluding carboxylic acids is 1. The molecule has 0 saturated heterocycles. The molecular weight excluding hydrogens is 284 g/mol. The highest BCUT2D eigenvalue weighted by molar-refractivity contribution is 6.04. The largest absolute Gasteiger partial charge is 0.481 e. The summed E-state index contributed by atoms with van der Waals surface area (Å²) in [5.41, 5.74) is 1.89. The summed E-state index contributed by atoms with van der Waals surface area (Å²) >= 11 is 0. The first-order chi connectivity index (χ1) is 10.2. The van der Waals surface area contributed by atoms with Crippen molar-refractivity contribution < 1.29 is 14.7 Å². The molecule has 7 heteroatoms. The van der Waals surface area contributed by atoms with Crippen LogP contribution in [-0.4, -0.2) is 32.2 Å². The van der Waals surface area contributed by atoms with Gasteiger partial charge in [0.2, 0.25) is 5.91 Å². The Morgan fingerprint density at radius 2 is 2.00 bits per heavy atom. The van der Waals surface area contributed by atoms with Gasteiger partial charge in [-0.2, -0.15) is 5.10 Å². The number of rotatable bonds is 3. The lowest BCUT2D eigenvalue weighted by Crippen LogP contribution is -2.18. The van der Waals surface area contributed by atoms with Gasteiger partial charge in [-0.3, -0.25) is 14.7 Å². The van der Waals surface area contributed by atoms with E-state index in [0.29, 0.717) is 11.5 Å². The zero-order chi connectivity index (χ0) is 16.2. The minimum atomic E-state index is -0.939. The number of aromatic nitrogens is 3. The Labute approximate surface area is 127 Å². The number of anilines is 1. The van der Waals surface area contributed by atoms with Gasteiger partial charge < -0.3 is 10.4 Å². The third-order valence-corrected chi connectivity index (χ3v) is 4.47. The molecule has 0 bridgehead atoms. The SMILES string of the molecule is Cc1cc(C)c2c(NC(=O)[C@H]3[C@@H](C(=O)O)C3(C)C)n[nH]c2n1. The van der Waals surface area contributed by atoms with Crippen LogP contribution in [-0.2, 0) is 9.59 Å². The normalized spacial score (nSPS) is 22.5. The summed E-state index contributed by atoms with van der Waals surface area (Å²) in [7, 11) is 0. The first kappa shape index (κ1) is 14.5. The van der Waals surface area contributed by atoms with Crippen LogP contribution in [0.5, 0.6) is 0 Å². The molecule has 1 amide bonds. The molecule has 2 aromatic heterocycles. The maximum atomic E-state index is 12.4. The molecule has 2 aromatic rings. The molecule has 1 aliphatic carbocycles. The molecule has 0 spiro atoms. The monoisotopic (exact) mass is 302 g/mol. The maximum Gasteiger partial charge on any atom is 0.307 e. The number of nitrogens with zero attached hydrogens (tertiary/aromatic N) is 2. The van der Waals surface area contributed by atoms with Gasteiger partial charge >= 0.3 is 5.97 Å². The number of carboxylic acids is 1. The molecule has 0 unspecified atom stereocenters. The van der Waals surface area contributed by atoms with Crippen LogP contribution in [0.3, 0.4) is 0 Å². The molecule has 7 nitrogen and oxygen atoms in total. The van der Waals surface area contributed by atoms with Gasteiger partial charge in [0, 0.05) is 5.69 Å². The van der Waals surface area contributed by atoms with E-state index in [9.17, 15) is 9.59 Å². The lowest BCUT2D eigenvalue weighted by Gasteiger charge is -2.05. The van der Waals surface area contributed by atoms with Gasteiger partial charge in [-0.25, -0.2) is 4.98 Å². The van der Waals surface area contributed by atoms with Crippen LogP contribution in [0, 0.1) is 31.1 Å². The lowest BCUT2D eigenvalue weighted by molar-refractivity contribution is -0.140. The Bertz CT molecular complexity index is 793. The number of hydrogen-bond donors (Lipinski definition) is 3. The molecule has 22 heavy (non-hydrogen) atoms. The molecule has 2 atom stereocenters. The van der Waals surface area contributed by atoms with Crippen LogP contribution in [0.4, 0.5) is 5.82 Å². The highest BCUT2D eigenvalue weighted by Crippen LogP contribution is 2.58. The zero-order valence-corrected chi connectivity index (χ0v) is 12.9. The predicted octanol–water partition coefficient (Wildman–Crippen LogP) is 1.87. The topological polar surface area (TPSA) is 108 Å². The number of aliphatic carboxylic acids is 1. The molecule has 0 aromatic carbocycles. The number of hydrogen-bond acceptors (Lipinski definition) is 4. The Kier molecular flexibility index (Phi) is 2.98. The minimum Gasteiger partial charge on any atom is -0.481 e. The van der Waals surface area contributed by atoms with E-state index in [0.717, 1.165) is 16.6 Å². The lowest BCUT2D eigenvalue weighted by atomic mass is 10.1. The maximum absolute atomic E-state index is 12.4. The Balaban J connectivity index is 1.89. The second-order valence-electron chi connectivity index (χ2n) is 6.48. The van der Waals surface area contributed by atoms with Gasteiger partial charge in [0.1, 0.15) is 0 Å². The number of carbonyl (C=O) groups is 2. The summed E-state index contributed by atoms with van der Waals surface area (Å²) in [5.74, 6) is -2.05. The number of carboxylic acid groups (broad SMARTS) is 1. The van der Waals surface area contributed by atoms with Crippen molar-refractivity contribution in [2.24, 2.45) is 17.3 Å². The molecule has 2 heterocycles. The summed E-state index contributed by atoms with van der Waals surface area (Å²) in [6, 6.07) is 1.91. The summed E-state index contributed by atoms with van der Waals surface area (Å²) in [5, 5.41) is 19.6. The first-order valence-corrected chi connectivity index (χ1v) is 7.09. The van der Waals surface area contributed by atoms with Crippen LogP contribution in [0.1, 0.15) is 25.1 Å². The number of aromatic amines is 1. The van der Waals surface area contributed by atoms with Crippen LogP contribution in [0.25, 0.3) is 11.0 Å². The van der Waals surface area contributed by atoms with Gasteiger partial charge in [-0.15, -0.1) is 0 Å². The molecule has 0 radical (unpaired) electrons. The Morgan fingerprint density at radius 1 is 1.32 bits per heavy atom. The number of nitrogens with one attached hydrogen (secondary N) is 2. The smallest absolute Gasteiger partial charge is 0.307 e. The standard InChI is InChI=1S/C15H18N4O3/c1-6-5-7(2)16-11-8(6)12(19-18-11)17-13(20)9-10(14(21)22)15(9,3)4/h5,9-10H,1-4H3,(H,21,22)(H2,16,17,18,19,20)/t9-,10+/m1/s1. The average molecular weight is 302 g/mol. The highest BCUT2D eigenvalue weighted by atomic mass is 16.4. The van der Waals surface area contributed by atoms with E-state index in [1.165, 1.54) is 0 Å². The number of H-pyrrole nitrogens is 1. The van der Waals surface area contributed by atoms with Gasteiger partial charge in [-0.1, -0.05) is 13.8 Å². The van der Waals surface area contributed by atoms with Crippen LogP contribution in [0.2, 0.25) is 0 Å². The fourth-order valence-corrected chi connectivity index (χ4v) is 3.25. The van der Waals surface area contributed by atoms with Gasteiger partial charge in [-0.05, 0) is 30.9 Å². The van der Waals surface area contributed by atoms with Crippen molar-refractivity contribution in [2.75, 3.05) is 5.32 Å². The number of pyridine rings is 1. The van der Waals surface area contributed by atoms with Crippen molar-refractivity contribution in [1.82, 2.24) is 15.2 Å². The van der Waals surface area contributed by atoms with Gasteiger partial charge in [0.15, 0.2) is 11.5 Å². The third kappa shape index (κ3) is 2.04. The van der Waals surface area contributed by atoms with E-state index in [1.54, 1.807) is 13.8 Å². The third-order valence-electron chi connectivity index (χ3n) is 4.47. The average Bonchev–Trinajstić information content (AvgIpc) is 2.76. The van der Waals surface area contributed by atoms with E-state index in [4.69, 9.17) is 5.11 Å².